The first-order chi connectivity index (χ1) is 16.5. The molecule has 1 atom stereocenters. The van der Waals surface area contributed by atoms with Crippen LogP contribution in [0.5, 0.6) is 0 Å². The van der Waals surface area contributed by atoms with Crippen molar-refractivity contribution in [2.75, 3.05) is 5.32 Å². The molecule has 0 aliphatic heterocycles. The number of halogens is 3. The van der Waals surface area contributed by atoms with Crippen molar-refractivity contribution in [3.63, 3.8) is 0 Å². The molecular weight excluding hydrogens is 465 g/mol. The fraction of sp³-hybridized carbons (Fsp3) is 0.391. The molecule has 0 saturated heterocycles. The van der Waals surface area contributed by atoms with Crippen LogP contribution in [-0.2, 0) is 27.8 Å². The van der Waals surface area contributed by atoms with Gasteiger partial charge in [0.2, 0.25) is 17.8 Å². The maximum Gasteiger partial charge on any atom is 0.312 e. The Kier molecular flexibility index (Phi) is 6.55. The number of pyridine rings is 2. The molecule has 35 heavy (non-hydrogen) atoms. The van der Waals surface area contributed by atoms with Crippen LogP contribution >= 0.6 is 0 Å². The van der Waals surface area contributed by atoms with Gasteiger partial charge in [-0.2, -0.15) is 4.39 Å². The topological polar surface area (TPSA) is 112 Å². The van der Waals surface area contributed by atoms with E-state index in [9.17, 15) is 22.8 Å². The Labute approximate surface area is 198 Å². The zero-order valence-electron chi connectivity index (χ0n) is 19.3. The van der Waals surface area contributed by atoms with Crippen LogP contribution in [0.3, 0.4) is 0 Å². The number of alkyl halides is 2. The molecule has 3 heterocycles. The SMILES string of the molecule is Cc1cnc(F)cc1C(C)OC(=O)Cc1c(-c2ccc(NC(=O)C3CC(F)(F)C3)cn2)nnn1C. The minimum absolute atomic E-state index is 0.161. The fourth-order valence-electron chi connectivity index (χ4n) is 3.86. The van der Waals surface area contributed by atoms with E-state index in [1.165, 1.54) is 23.1 Å². The molecule has 1 fully saturated rings. The molecule has 1 unspecified atom stereocenters. The van der Waals surface area contributed by atoms with Crippen molar-refractivity contribution in [3.8, 4) is 11.4 Å². The molecule has 0 bridgehead atoms. The van der Waals surface area contributed by atoms with Gasteiger partial charge in [0.25, 0.3) is 0 Å². The molecule has 12 heteroatoms. The monoisotopic (exact) mass is 488 g/mol. The average Bonchev–Trinajstić information content (AvgIpc) is 3.14. The molecule has 9 nitrogen and oxygen atoms in total. The van der Waals surface area contributed by atoms with E-state index in [1.807, 2.05) is 0 Å². The third kappa shape index (κ3) is 5.47. The highest BCUT2D eigenvalue weighted by atomic mass is 19.3. The first-order valence-corrected chi connectivity index (χ1v) is 10.9. The molecule has 0 spiro atoms. The minimum atomic E-state index is -2.78. The molecule has 1 aliphatic rings. The molecule has 0 radical (unpaired) electrons. The number of nitrogens with zero attached hydrogens (tertiary/aromatic N) is 5. The van der Waals surface area contributed by atoms with Crippen molar-refractivity contribution < 1.29 is 27.5 Å². The Morgan fingerprint density at radius 1 is 1.26 bits per heavy atom. The number of esters is 1. The lowest BCUT2D eigenvalue weighted by Gasteiger charge is -2.33. The summed E-state index contributed by atoms with van der Waals surface area (Å²) >= 11 is 0. The van der Waals surface area contributed by atoms with Crippen molar-refractivity contribution in [3.05, 3.63) is 53.4 Å². The van der Waals surface area contributed by atoms with E-state index >= 15 is 0 Å². The minimum Gasteiger partial charge on any atom is -0.457 e. The number of carbonyl (C=O) groups is 2. The fourth-order valence-corrected chi connectivity index (χ4v) is 3.86. The van der Waals surface area contributed by atoms with Gasteiger partial charge in [0.1, 0.15) is 11.8 Å². The van der Waals surface area contributed by atoms with Gasteiger partial charge in [0, 0.05) is 43.6 Å². The van der Waals surface area contributed by atoms with E-state index in [1.54, 1.807) is 33.0 Å². The number of hydrogen-bond donors (Lipinski definition) is 1. The third-order valence-corrected chi connectivity index (χ3v) is 5.85. The number of hydrogen-bond acceptors (Lipinski definition) is 7. The number of carbonyl (C=O) groups excluding carboxylic acids is 2. The maximum absolute atomic E-state index is 13.5. The molecule has 4 rings (SSSR count). The Morgan fingerprint density at radius 2 is 2.00 bits per heavy atom. The summed E-state index contributed by atoms with van der Waals surface area (Å²) in [6.45, 7) is 3.38. The van der Waals surface area contributed by atoms with Gasteiger partial charge in [-0.05, 0) is 31.5 Å². The van der Waals surface area contributed by atoms with Crippen LogP contribution in [0.1, 0.15) is 42.7 Å². The van der Waals surface area contributed by atoms with E-state index in [2.05, 4.69) is 25.6 Å². The Balaban J connectivity index is 1.42. The summed E-state index contributed by atoms with van der Waals surface area (Å²) in [5.41, 5.74) is 2.75. The van der Waals surface area contributed by atoms with Gasteiger partial charge in [-0.3, -0.25) is 19.3 Å². The quantitative estimate of drug-likeness (QED) is 0.400. The second-order valence-corrected chi connectivity index (χ2v) is 8.56. The van der Waals surface area contributed by atoms with Crippen LogP contribution < -0.4 is 5.32 Å². The second kappa shape index (κ2) is 9.43. The lowest BCUT2D eigenvalue weighted by Crippen LogP contribution is -2.42. The number of aryl methyl sites for hydroxylation is 2. The summed E-state index contributed by atoms with van der Waals surface area (Å²) in [4.78, 5) is 32.5. The van der Waals surface area contributed by atoms with Gasteiger partial charge in [0.15, 0.2) is 0 Å². The second-order valence-electron chi connectivity index (χ2n) is 8.56. The van der Waals surface area contributed by atoms with Gasteiger partial charge in [0.05, 0.1) is 29.7 Å². The molecular formula is C23H23F3N6O3. The Hall–Kier alpha value is -3.83. The van der Waals surface area contributed by atoms with Gasteiger partial charge in [-0.25, -0.2) is 13.8 Å². The number of nitrogens with one attached hydrogen (secondary N) is 1. The van der Waals surface area contributed by atoms with Crippen molar-refractivity contribution in [2.45, 2.75) is 45.1 Å². The van der Waals surface area contributed by atoms with E-state index in [4.69, 9.17) is 4.74 Å². The molecule has 184 valence electrons. The zero-order chi connectivity index (χ0) is 25.3. The normalized spacial score (nSPS) is 15.8. The van der Waals surface area contributed by atoms with E-state index in [-0.39, 0.29) is 6.42 Å². The van der Waals surface area contributed by atoms with Crippen molar-refractivity contribution in [1.29, 1.82) is 0 Å². The molecule has 1 N–H and O–H groups in total. The largest absolute Gasteiger partial charge is 0.457 e. The van der Waals surface area contributed by atoms with Crippen LogP contribution in [0.2, 0.25) is 0 Å². The van der Waals surface area contributed by atoms with Crippen LogP contribution in [-0.4, -0.2) is 42.8 Å². The predicted octanol–water partition coefficient (Wildman–Crippen LogP) is 3.55. The van der Waals surface area contributed by atoms with Gasteiger partial charge in [-0.1, -0.05) is 5.21 Å². The Morgan fingerprint density at radius 3 is 2.66 bits per heavy atom. The molecule has 3 aromatic rings. The maximum atomic E-state index is 13.5. The zero-order valence-corrected chi connectivity index (χ0v) is 19.3. The highest BCUT2D eigenvalue weighted by molar-refractivity contribution is 5.93. The summed E-state index contributed by atoms with van der Waals surface area (Å²) in [6, 6.07) is 4.37. The van der Waals surface area contributed by atoms with E-state index < -0.39 is 48.6 Å². The van der Waals surface area contributed by atoms with Crippen molar-refractivity contribution in [1.82, 2.24) is 25.0 Å². The number of aromatic nitrogens is 5. The summed E-state index contributed by atoms with van der Waals surface area (Å²) in [7, 11) is 1.62. The Bertz CT molecular complexity index is 1250. The van der Waals surface area contributed by atoms with Gasteiger partial charge >= 0.3 is 5.97 Å². The third-order valence-electron chi connectivity index (χ3n) is 5.85. The highest BCUT2D eigenvalue weighted by Crippen LogP contribution is 2.42. The van der Waals surface area contributed by atoms with E-state index in [0.717, 1.165) is 0 Å². The number of amides is 1. The van der Waals surface area contributed by atoms with Crippen molar-refractivity contribution >= 4 is 17.6 Å². The highest BCUT2D eigenvalue weighted by Gasteiger charge is 2.48. The van der Waals surface area contributed by atoms with Crippen LogP contribution in [0.4, 0.5) is 18.9 Å². The molecule has 1 aliphatic carbocycles. The van der Waals surface area contributed by atoms with E-state index in [0.29, 0.717) is 33.9 Å². The number of rotatable bonds is 7. The smallest absolute Gasteiger partial charge is 0.312 e. The standard InChI is InChI=1S/C23H23F3N6O3/c1-12-10-28-19(24)6-16(12)13(2)35-20(33)7-18-21(30-31-32(18)3)17-5-4-15(11-27-17)29-22(34)14-8-23(25,26)9-14/h4-6,10-11,13-14H,7-9H2,1-3H3,(H,29,34). The number of ether oxygens (including phenoxy) is 1. The van der Waals surface area contributed by atoms with Crippen molar-refractivity contribution in [2.24, 2.45) is 13.0 Å². The summed E-state index contributed by atoms with van der Waals surface area (Å²) in [6.07, 6.45) is 0.976. The molecule has 3 aromatic heterocycles. The lowest BCUT2D eigenvalue weighted by molar-refractivity contribution is -0.147. The van der Waals surface area contributed by atoms with Crippen LogP contribution in [0.25, 0.3) is 11.4 Å². The predicted molar refractivity (Wildman–Crippen MR) is 118 cm³/mol. The average molecular weight is 488 g/mol. The first-order valence-electron chi connectivity index (χ1n) is 10.9. The molecule has 0 aromatic carbocycles. The summed E-state index contributed by atoms with van der Waals surface area (Å²) in [5.74, 6) is -5.22. The first kappa shape index (κ1) is 24.3. The van der Waals surface area contributed by atoms with Gasteiger partial charge < -0.3 is 10.1 Å². The molecule has 1 saturated carbocycles. The van der Waals surface area contributed by atoms with Crippen LogP contribution in [0.15, 0.2) is 30.6 Å². The van der Waals surface area contributed by atoms with Gasteiger partial charge in [-0.15, -0.1) is 5.10 Å². The molecule has 1 amide bonds. The van der Waals surface area contributed by atoms with Crippen LogP contribution in [0, 0.1) is 18.8 Å². The summed E-state index contributed by atoms with van der Waals surface area (Å²) < 4.78 is 46.4. The summed E-state index contributed by atoms with van der Waals surface area (Å²) in [5, 5.41) is 10.6. The lowest BCUT2D eigenvalue weighted by atomic mass is 9.81. The number of anilines is 1.